The van der Waals surface area contributed by atoms with Crippen LogP contribution in [0.2, 0.25) is 0 Å². The molecule has 1 aromatic heterocycles. The van der Waals surface area contributed by atoms with Crippen LogP contribution in [0, 0.1) is 6.92 Å². The zero-order valence-electron chi connectivity index (χ0n) is 13.8. The van der Waals surface area contributed by atoms with Crippen molar-refractivity contribution in [2.24, 2.45) is 4.99 Å². The highest BCUT2D eigenvalue weighted by Crippen LogP contribution is 2.35. The second-order valence-corrected chi connectivity index (χ2v) is 7.22. The van der Waals surface area contributed by atoms with E-state index in [0.29, 0.717) is 27.5 Å². The molecule has 0 spiro atoms. The first kappa shape index (κ1) is 17.4. The number of thioether (sulfide) groups is 1. The van der Waals surface area contributed by atoms with E-state index >= 15 is 0 Å². The van der Waals surface area contributed by atoms with Gasteiger partial charge in [0.25, 0.3) is 5.91 Å². The van der Waals surface area contributed by atoms with Crippen molar-refractivity contribution in [2.45, 2.75) is 6.92 Å². The first-order valence-electron chi connectivity index (χ1n) is 7.46. The summed E-state index contributed by atoms with van der Waals surface area (Å²) < 4.78 is 5.35. The van der Waals surface area contributed by atoms with Crippen LogP contribution in [0.15, 0.2) is 46.8 Å². The largest absolute Gasteiger partial charge is 0.496 e. The van der Waals surface area contributed by atoms with Crippen LogP contribution in [0.5, 0.6) is 5.75 Å². The lowest BCUT2D eigenvalue weighted by atomic mass is 10.2. The van der Waals surface area contributed by atoms with Crippen LogP contribution in [0.3, 0.4) is 0 Å². The number of amidine groups is 1. The molecule has 0 bridgehead atoms. The summed E-state index contributed by atoms with van der Waals surface area (Å²) in [4.78, 5) is 19.4. The van der Waals surface area contributed by atoms with Crippen molar-refractivity contribution in [1.82, 2.24) is 15.1 Å². The maximum absolute atomic E-state index is 12.7. The first-order chi connectivity index (χ1) is 12.1. The average Bonchev–Trinajstić information content (AvgIpc) is 3.14. The number of carbonyl (C=O) groups excluding carboxylic acids is 1. The highest BCUT2D eigenvalue weighted by atomic mass is 32.2. The molecule has 2 aromatic rings. The van der Waals surface area contributed by atoms with E-state index < -0.39 is 0 Å². The van der Waals surface area contributed by atoms with Gasteiger partial charge in [-0.15, -0.1) is 16.8 Å². The molecule has 0 radical (unpaired) electrons. The van der Waals surface area contributed by atoms with Crippen molar-refractivity contribution < 1.29 is 9.53 Å². The van der Waals surface area contributed by atoms with Crippen LogP contribution in [0.1, 0.15) is 10.6 Å². The van der Waals surface area contributed by atoms with Crippen LogP contribution in [0.4, 0.5) is 5.13 Å². The fourth-order valence-corrected chi connectivity index (χ4v) is 3.82. The van der Waals surface area contributed by atoms with Crippen molar-refractivity contribution in [3.63, 3.8) is 0 Å². The van der Waals surface area contributed by atoms with E-state index in [1.807, 2.05) is 37.3 Å². The molecule has 0 aliphatic carbocycles. The highest BCUT2D eigenvalue weighted by Gasteiger charge is 2.33. The third kappa shape index (κ3) is 3.80. The number of methoxy groups -OCH3 is 1. The van der Waals surface area contributed by atoms with Gasteiger partial charge in [0.15, 0.2) is 5.17 Å². The maximum Gasteiger partial charge on any atom is 0.267 e. The van der Waals surface area contributed by atoms with E-state index in [4.69, 9.17) is 4.74 Å². The number of amides is 1. The molecule has 2 heterocycles. The SMILES string of the molecule is C=CCN1C(=O)/C(=C/c2ccccc2OC)S/C1=N/c1nnc(C)s1. The van der Waals surface area contributed by atoms with Crippen molar-refractivity contribution in [1.29, 1.82) is 0 Å². The molecule has 25 heavy (non-hydrogen) atoms. The minimum atomic E-state index is -0.115. The molecule has 1 saturated heterocycles. The number of hydrogen-bond acceptors (Lipinski definition) is 7. The van der Waals surface area contributed by atoms with Gasteiger partial charge in [0, 0.05) is 12.1 Å². The van der Waals surface area contributed by atoms with Gasteiger partial charge in [-0.1, -0.05) is 35.6 Å². The molecule has 8 heteroatoms. The fraction of sp³-hybridized carbons (Fsp3) is 0.176. The molecule has 1 aromatic carbocycles. The van der Waals surface area contributed by atoms with Gasteiger partial charge in [0.05, 0.1) is 12.0 Å². The van der Waals surface area contributed by atoms with Gasteiger partial charge < -0.3 is 4.74 Å². The molecule has 0 unspecified atom stereocenters. The van der Waals surface area contributed by atoms with Crippen LogP contribution >= 0.6 is 23.1 Å². The summed E-state index contributed by atoms with van der Waals surface area (Å²) in [5.41, 5.74) is 0.840. The Morgan fingerprint density at radius 2 is 2.16 bits per heavy atom. The van der Waals surface area contributed by atoms with E-state index in [-0.39, 0.29) is 5.91 Å². The van der Waals surface area contributed by atoms with E-state index in [1.165, 1.54) is 23.1 Å². The number of aliphatic imine (C=N–C) groups is 1. The Labute approximate surface area is 153 Å². The number of rotatable bonds is 5. The molecule has 0 N–H and O–H groups in total. The molecule has 1 aliphatic heterocycles. The Balaban J connectivity index is 1.97. The smallest absolute Gasteiger partial charge is 0.267 e. The van der Waals surface area contributed by atoms with Crippen molar-refractivity contribution in [2.75, 3.05) is 13.7 Å². The topological polar surface area (TPSA) is 67.7 Å². The number of aryl methyl sites for hydroxylation is 1. The molecule has 0 atom stereocenters. The van der Waals surface area contributed by atoms with Gasteiger partial charge in [-0.3, -0.25) is 9.69 Å². The number of carbonyl (C=O) groups is 1. The molecule has 1 amide bonds. The Hall–Kier alpha value is -2.45. The summed E-state index contributed by atoms with van der Waals surface area (Å²) >= 11 is 2.69. The van der Waals surface area contributed by atoms with Crippen molar-refractivity contribution >= 4 is 45.4 Å². The molecule has 3 rings (SSSR count). The zero-order valence-corrected chi connectivity index (χ0v) is 15.4. The Morgan fingerprint density at radius 3 is 2.84 bits per heavy atom. The lowest BCUT2D eigenvalue weighted by Gasteiger charge is -2.11. The first-order valence-corrected chi connectivity index (χ1v) is 9.10. The normalized spacial score (nSPS) is 17.5. The molecule has 128 valence electrons. The standard InChI is InChI=1S/C17H16N4O2S2/c1-4-9-21-15(22)14(10-12-7-5-6-8-13(12)23-3)25-17(21)18-16-20-19-11(2)24-16/h4-8,10H,1,9H2,2-3H3/b14-10-,18-17+. The number of hydrogen-bond donors (Lipinski definition) is 0. The summed E-state index contributed by atoms with van der Waals surface area (Å²) in [6.45, 7) is 5.96. The van der Waals surface area contributed by atoms with Crippen LogP contribution < -0.4 is 4.74 Å². The summed E-state index contributed by atoms with van der Waals surface area (Å²) in [6, 6.07) is 7.55. The number of nitrogens with zero attached hydrogens (tertiary/aromatic N) is 4. The highest BCUT2D eigenvalue weighted by molar-refractivity contribution is 8.18. The Morgan fingerprint density at radius 1 is 1.36 bits per heavy atom. The third-order valence-corrected chi connectivity index (χ3v) is 5.07. The van der Waals surface area contributed by atoms with Gasteiger partial charge in [0.1, 0.15) is 10.8 Å². The molecular weight excluding hydrogens is 356 g/mol. The maximum atomic E-state index is 12.7. The second-order valence-electron chi connectivity index (χ2n) is 5.06. The van der Waals surface area contributed by atoms with Crippen LogP contribution in [-0.2, 0) is 4.79 Å². The minimum Gasteiger partial charge on any atom is -0.496 e. The zero-order chi connectivity index (χ0) is 17.8. The predicted molar refractivity (Wildman–Crippen MR) is 102 cm³/mol. The van der Waals surface area contributed by atoms with E-state index in [1.54, 1.807) is 18.1 Å². The average molecular weight is 372 g/mol. The monoisotopic (exact) mass is 372 g/mol. The molecule has 1 aliphatic rings. The number of ether oxygens (including phenoxy) is 1. The fourth-order valence-electron chi connectivity index (χ4n) is 2.22. The van der Waals surface area contributed by atoms with E-state index in [2.05, 4.69) is 21.8 Å². The molecular formula is C17H16N4O2S2. The lowest BCUT2D eigenvalue weighted by molar-refractivity contribution is -0.121. The van der Waals surface area contributed by atoms with Gasteiger partial charge >= 0.3 is 0 Å². The summed E-state index contributed by atoms with van der Waals surface area (Å²) in [5.74, 6) is 0.597. The summed E-state index contributed by atoms with van der Waals surface area (Å²) in [6.07, 6.45) is 3.49. The van der Waals surface area contributed by atoms with Crippen molar-refractivity contribution in [3.8, 4) is 5.75 Å². The van der Waals surface area contributed by atoms with Crippen LogP contribution in [0.25, 0.3) is 6.08 Å². The van der Waals surface area contributed by atoms with Gasteiger partial charge in [-0.25, -0.2) is 0 Å². The predicted octanol–water partition coefficient (Wildman–Crippen LogP) is 3.65. The van der Waals surface area contributed by atoms with Gasteiger partial charge in [-0.05, 0) is 30.8 Å². The Bertz CT molecular complexity index is 873. The van der Waals surface area contributed by atoms with E-state index in [9.17, 15) is 4.79 Å². The summed E-state index contributed by atoms with van der Waals surface area (Å²) in [5, 5.41) is 9.88. The van der Waals surface area contributed by atoms with Crippen LogP contribution in [-0.4, -0.2) is 39.8 Å². The number of aromatic nitrogens is 2. The van der Waals surface area contributed by atoms with Crippen molar-refractivity contribution in [3.05, 3.63) is 52.4 Å². The quantitative estimate of drug-likeness (QED) is 0.592. The van der Waals surface area contributed by atoms with E-state index in [0.717, 1.165) is 10.6 Å². The van der Waals surface area contributed by atoms with Gasteiger partial charge in [0.2, 0.25) is 5.13 Å². The lowest BCUT2D eigenvalue weighted by Crippen LogP contribution is -2.29. The second kappa shape index (κ2) is 7.62. The number of para-hydroxylation sites is 1. The minimum absolute atomic E-state index is 0.115. The summed E-state index contributed by atoms with van der Waals surface area (Å²) in [7, 11) is 1.61. The molecule has 6 nitrogen and oxygen atoms in total. The number of benzene rings is 1. The third-order valence-electron chi connectivity index (χ3n) is 3.33. The molecule has 1 fully saturated rings. The molecule has 0 saturated carbocycles. The Kier molecular flexibility index (Phi) is 5.30. The van der Waals surface area contributed by atoms with Gasteiger partial charge in [-0.2, -0.15) is 4.99 Å².